The molecule has 0 bridgehead atoms. The highest BCUT2D eigenvalue weighted by molar-refractivity contribution is 5.19. The molecule has 3 rings (SSSR count). The first-order valence-electron chi connectivity index (χ1n) is 9.79. The van der Waals surface area contributed by atoms with Gasteiger partial charge in [0.1, 0.15) is 0 Å². The second-order valence-electron chi connectivity index (χ2n) is 7.19. The molecule has 0 aliphatic rings. The Balaban J connectivity index is 1.61. The number of hydrogen-bond donors (Lipinski definition) is 0. The molecule has 1 nitrogen and oxygen atoms in total. The van der Waals surface area contributed by atoms with Crippen LogP contribution in [0.5, 0.6) is 0 Å². The Morgan fingerprint density at radius 1 is 0.667 bits per heavy atom. The highest BCUT2D eigenvalue weighted by Crippen LogP contribution is 2.13. The van der Waals surface area contributed by atoms with Crippen molar-refractivity contribution in [3.8, 4) is 0 Å². The standard InChI is InChI=1S/C26H29N/c1-23(12-11-19-24-13-5-2-6-14-24)20-27(21-25-15-7-3-8-16-25)22-26-17-9-4-10-18-26/h2-10,12-18H,11,19-22H2,1H3. The van der Waals surface area contributed by atoms with Crippen molar-refractivity contribution in [2.24, 2.45) is 0 Å². The fraction of sp³-hybridized carbons (Fsp3) is 0.231. The second-order valence-corrected chi connectivity index (χ2v) is 7.19. The summed E-state index contributed by atoms with van der Waals surface area (Å²) in [5, 5.41) is 0. The number of aryl methyl sites for hydroxylation is 1. The van der Waals surface area contributed by atoms with Crippen molar-refractivity contribution >= 4 is 0 Å². The van der Waals surface area contributed by atoms with Gasteiger partial charge in [-0.25, -0.2) is 0 Å². The van der Waals surface area contributed by atoms with Gasteiger partial charge in [-0.15, -0.1) is 0 Å². The quantitative estimate of drug-likeness (QED) is 0.409. The minimum atomic E-state index is 0.972. The van der Waals surface area contributed by atoms with E-state index >= 15 is 0 Å². The van der Waals surface area contributed by atoms with Crippen LogP contribution in [0.1, 0.15) is 30.0 Å². The largest absolute Gasteiger partial charge is 0.291 e. The van der Waals surface area contributed by atoms with Gasteiger partial charge >= 0.3 is 0 Å². The first-order chi connectivity index (χ1) is 13.3. The van der Waals surface area contributed by atoms with Crippen molar-refractivity contribution in [3.05, 3.63) is 119 Å². The summed E-state index contributed by atoms with van der Waals surface area (Å²) in [5.74, 6) is 0. The molecular formula is C26H29N. The summed E-state index contributed by atoms with van der Waals surface area (Å²) in [4.78, 5) is 2.53. The zero-order valence-electron chi connectivity index (χ0n) is 16.2. The van der Waals surface area contributed by atoms with Crippen LogP contribution in [0.3, 0.4) is 0 Å². The van der Waals surface area contributed by atoms with E-state index in [1.54, 1.807) is 0 Å². The molecule has 0 radical (unpaired) electrons. The molecule has 0 aliphatic heterocycles. The van der Waals surface area contributed by atoms with E-state index in [-0.39, 0.29) is 0 Å². The third-order valence-electron chi connectivity index (χ3n) is 4.74. The van der Waals surface area contributed by atoms with Gasteiger partial charge in [0.15, 0.2) is 0 Å². The summed E-state index contributed by atoms with van der Waals surface area (Å²) in [6.45, 7) is 5.20. The van der Waals surface area contributed by atoms with Gasteiger partial charge in [-0.2, -0.15) is 0 Å². The van der Waals surface area contributed by atoms with Crippen molar-refractivity contribution in [3.63, 3.8) is 0 Å². The average molecular weight is 356 g/mol. The zero-order chi connectivity index (χ0) is 18.7. The van der Waals surface area contributed by atoms with Crippen LogP contribution in [0.15, 0.2) is 103 Å². The summed E-state index contributed by atoms with van der Waals surface area (Å²) in [6, 6.07) is 32.3. The van der Waals surface area contributed by atoms with Crippen LogP contribution in [-0.2, 0) is 19.5 Å². The molecule has 0 aromatic heterocycles. The molecule has 0 saturated carbocycles. The van der Waals surface area contributed by atoms with Crippen molar-refractivity contribution < 1.29 is 0 Å². The lowest BCUT2D eigenvalue weighted by Gasteiger charge is -2.23. The summed E-state index contributed by atoms with van der Waals surface area (Å²) >= 11 is 0. The average Bonchev–Trinajstić information content (AvgIpc) is 2.70. The topological polar surface area (TPSA) is 3.24 Å². The lowest BCUT2D eigenvalue weighted by Crippen LogP contribution is -2.24. The number of allylic oxidation sites excluding steroid dienone is 1. The lowest BCUT2D eigenvalue weighted by atomic mass is 10.1. The van der Waals surface area contributed by atoms with E-state index < -0.39 is 0 Å². The Bertz CT molecular complexity index is 765. The normalized spacial score (nSPS) is 11.7. The number of benzene rings is 3. The van der Waals surface area contributed by atoms with Crippen LogP contribution < -0.4 is 0 Å². The third-order valence-corrected chi connectivity index (χ3v) is 4.74. The molecule has 27 heavy (non-hydrogen) atoms. The molecule has 1 heteroatoms. The molecule has 0 N–H and O–H groups in total. The minimum Gasteiger partial charge on any atom is -0.291 e. The van der Waals surface area contributed by atoms with Gasteiger partial charge < -0.3 is 0 Å². The summed E-state index contributed by atoms with van der Waals surface area (Å²) in [6.07, 6.45) is 4.60. The third kappa shape index (κ3) is 6.88. The van der Waals surface area contributed by atoms with E-state index in [9.17, 15) is 0 Å². The maximum atomic E-state index is 2.53. The molecule has 0 saturated heterocycles. The van der Waals surface area contributed by atoms with Gasteiger partial charge in [-0.1, -0.05) is 103 Å². The highest BCUT2D eigenvalue weighted by atomic mass is 15.1. The fourth-order valence-corrected chi connectivity index (χ4v) is 3.40. The molecule has 3 aromatic rings. The highest BCUT2D eigenvalue weighted by Gasteiger charge is 2.08. The van der Waals surface area contributed by atoms with Gasteiger partial charge in [0.25, 0.3) is 0 Å². The number of nitrogens with zero attached hydrogens (tertiary/aromatic N) is 1. The molecule has 0 heterocycles. The van der Waals surface area contributed by atoms with E-state index in [2.05, 4.69) is 109 Å². The molecule has 0 atom stereocenters. The van der Waals surface area contributed by atoms with Crippen LogP contribution in [0.4, 0.5) is 0 Å². The van der Waals surface area contributed by atoms with Gasteiger partial charge in [-0.3, -0.25) is 4.90 Å². The van der Waals surface area contributed by atoms with E-state index in [1.165, 1.54) is 22.3 Å². The van der Waals surface area contributed by atoms with Crippen molar-refractivity contribution in [1.82, 2.24) is 4.90 Å². The molecule has 3 aromatic carbocycles. The van der Waals surface area contributed by atoms with Gasteiger partial charge in [-0.05, 0) is 36.5 Å². The Morgan fingerprint density at radius 2 is 1.11 bits per heavy atom. The van der Waals surface area contributed by atoms with Gasteiger partial charge in [0.2, 0.25) is 0 Å². The van der Waals surface area contributed by atoms with Crippen molar-refractivity contribution in [2.45, 2.75) is 32.9 Å². The SMILES string of the molecule is CC(=CCCc1ccccc1)CN(Cc1ccccc1)Cc1ccccc1. The lowest BCUT2D eigenvalue weighted by molar-refractivity contribution is 0.279. The molecule has 0 unspecified atom stereocenters. The Labute approximate surface area is 164 Å². The first-order valence-corrected chi connectivity index (χ1v) is 9.79. The maximum absolute atomic E-state index is 2.53. The van der Waals surface area contributed by atoms with E-state index in [0.29, 0.717) is 0 Å². The molecule has 0 amide bonds. The minimum absolute atomic E-state index is 0.972. The number of hydrogen-bond acceptors (Lipinski definition) is 1. The van der Waals surface area contributed by atoms with E-state index in [0.717, 1.165) is 32.5 Å². The first kappa shape index (κ1) is 19.1. The van der Waals surface area contributed by atoms with Crippen LogP contribution in [0, 0.1) is 0 Å². The monoisotopic (exact) mass is 355 g/mol. The summed E-state index contributed by atoms with van der Waals surface area (Å²) < 4.78 is 0. The molecule has 138 valence electrons. The summed E-state index contributed by atoms with van der Waals surface area (Å²) in [7, 11) is 0. The van der Waals surface area contributed by atoms with Gasteiger partial charge in [0, 0.05) is 19.6 Å². The predicted molar refractivity (Wildman–Crippen MR) is 116 cm³/mol. The van der Waals surface area contributed by atoms with Crippen LogP contribution >= 0.6 is 0 Å². The molecule has 0 fully saturated rings. The Hall–Kier alpha value is -2.64. The Morgan fingerprint density at radius 3 is 1.59 bits per heavy atom. The van der Waals surface area contributed by atoms with E-state index in [1.807, 2.05) is 0 Å². The Kier molecular flexibility index (Phi) is 7.44. The molecular weight excluding hydrogens is 326 g/mol. The maximum Gasteiger partial charge on any atom is 0.0240 e. The number of rotatable bonds is 9. The smallest absolute Gasteiger partial charge is 0.0240 e. The van der Waals surface area contributed by atoms with Gasteiger partial charge in [0.05, 0.1) is 0 Å². The van der Waals surface area contributed by atoms with Crippen molar-refractivity contribution in [1.29, 1.82) is 0 Å². The van der Waals surface area contributed by atoms with Crippen molar-refractivity contribution in [2.75, 3.05) is 6.54 Å². The molecule has 0 aliphatic carbocycles. The van der Waals surface area contributed by atoms with E-state index in [4.69, 9.17) is 0 Å². The molecule has 0 spiro atoms. The van der Waals surface area contributed by atoms with Crippen LogP contribution in [0.25, 0.3) is 0 Å². The zero-order valence-corrected chi connectivity index (χ0v) is 16.2. The van der Waals surface area contributed by atoms with Crippen LogP contribution in [-0.4, -0.2) is 11.4 Å². The van der Waals surface area contributed by atoms with Crippen LogP contribution in [0.2, 0.25) is 0 Å². The summed E-state index contributed by atoms with van der Waals surface area (Å²) in [5.41, 5.74) is 5.58. The second kappa shape index (κ2) is 10.5. The fourth-order valence-electron chi connectivity index (χ4n) is 3.40. The predicted octanol–water partition coefficient (Wildman–Crippen LogP) is 6.27.